The molecule has 0 aliphatic heterocycles. The molecule has 6 nitrogen and oxygen atoms in total. The third-order valence-corrected chi connectivity index (χ3v) is 6.54. The van der Waals surface area contributed by atoms with Crippen LogP contribution in [0.5, 0.6) is 0 Å². The summed E-state index contributed by atoms with van der Waals surface area (Å²) in [6.45, 7) is 1.49. The van der Waals surface area contributed by atoms with Crippen molar-refractivity contribution in [2.24, 2.45) is 0 Å². The van der Waals surface area contributed by atoms with Crippen LogP contribution in [0.3, 0.4) is 0 Å². The first-order valence-electron chi connectivity index (χ1n) is 7.41. The zero-order chi connectivity index (χ0) is 17.6. The molecule has 0 saturated carbocycles. The van der Waals surface area contributed by atoms with Gasteiger partial charge in [-0.2, -0.15) is 0 Å². The standard InChI is InChI=1S/C16H20N2O4S2/c1-14(24(21,22)18-16-10-6-3-7-11-16)12-13-23(19,20)17-15-8-4-2-5-9-15/h2-11,14,17-18H,12-13H2,1H3. The molecule has 0 aromatic heterocycles. The average molecular weight is 368 g/mol. The number of benzene rings is 2. The molecule has 0 heterocycles. The first-order chi connectivity index (χ1) is 11.3. The van der Waals surface area contributed by atoms with E-state index >= 15 is 0 Å². The normalized spacial score (nSPS) is 13.2. The molecule has 0 saturated heterocycles. The number of anilines is 2. The summed E-state index contributed by atoms with van der Waals surface area (Å²) >= 11 is 0. The van der Waals surface area contributed by atoms with Gasteiger partial charge in [0.25, 0.3) is 0 Å². The van der Waals surface area contributed by atoms with E-state index in [0.717, 1.165) is 0 Å². The molecule has 2 rings (SSSR count). The van der Waals surface area contributed by atoms with Crippen LogP contribution in [0.2, 0.25) is 0 Å². The molecule has 24 heavy (non-hydrogen) atoms. The molecule has 0 bridgehead atoms. The number of rotatable bonds is 8. The minimum Gasteiger partial charge on any atom is -0.284 e. The maximum Gasteiger partial charge on any atom is 0.235 e. The van der Waals surface area contributed by atoms with Crippen LogP contribution in [-0.2, 0) is 20.0 Å². The molecule has 2 N–H and O–H groups in total. The van der Waals surface area contributed by atoms with E-state index < -0.39 is 25.3 Å². The molecule has 130 valence electrons. The van der Waals surface area contributed by atoms with Crippen LogP contribution in [0.15, 0.2) is 60.7 Å². The third-order valence-electron chi connectivity index (χ3n) is 3.40. The fraction of sp³-hybridized carbons (Fsp3) is 0.250. The molecule has 0 spiro atoms. The van der Waals surface area contributed by atoms with Crippen molar-refractivity contribution < 1.29 is 16.8 Å². The number of sulfonamides is 2. The summed E-state index contributed by atoms with van der Waals surface area (Å²) in [6, 6.07) is 17.0. The van der Waals surface area contributed by atoms with Crippen molar-refractivity contribution in [3.05, 3.63) is 60.7 Å². The van der Waals surface area contributed by atoms with Gasteiger partial charge in [0, 0.05) is 11.4 Å². The second-order valence-corrected chi connectivity index (χ2v) is 9.34. The van der Waals surface area contributed by atoms with Gasteiger partial charge >= 0.3 is 0 Å². The Morgan fingerprint density at radius 2 is 1.25 bits per heavy atom. The van der Waals surface area contributed by atoms with Gasteiger partial charge in [-0.3, -0.25) is 9.44 Å². The van der Waals surface area contributed by atoms with Crippen LogP contribution < -0.4 is 9.44 Å². The van der Waals surface area contributed by atoms with Crippen LogP contribution in [0.25, 0.3) is 0 Å². The smallest absolute Gasteiger partial charge is 0.235 e. The Bertz CT molecular complexity index is 851. The molecule has 0 amide bonds. The summed E-state index contributed by atoms with van der Waals surface area (Å²) in [5.41, 5.74) is 0.907. The molecular formula is C16H20N2O4S2. The molecule has 0 fully saturated rings. The lowest BCUT2D eigenvalue weighted by Gasteiger charge is -2.15. The van der Waals surface area contributed by atoms with Crippen molar-refractivity contribution in [1.82, 2.24) is 0 Å². The SMILES string of the molecule is CC(CCS(=O)(=O)Nc1ccccc1)S(=O)(=O)Nc1ccccc1. The zero-order valence-corrected chi connectivity index (χ0v) is 14.8. The van der Waals surface area contributed by atoms with E-state index in [2.05, 4.69) is 9.44 Å². The minimum absolute atomic E-state index is 0.00959. The largest absolute Gasteiger partial charge is 0.284 e. The highest BCUT2D eigenvalue weighted by Crippen LogP contribution is 2.15. The summed E-state index contributed by atoms with van der Waals surface area (Å²) in [7, 11) is -7.26. The van der Waals surface area contributed by atoms with Crippen molar-refractivity contribution in [3.8, 4) is 0 Å². The summed E-state index contributed by atoms with van der Waals surface area (Å²) in [5, 5.41) is -0.843. The van der Waals surface area contributed by atoms with Gasteiger partial charge in [-0.15, -0.1) is 0 Å². The van der Waals surface area contributed by atoms with Crippen molar-refractivity contribution in [2.75, 3.05) is 15.2 Å². The Balaban J connectivity index is 1.95. The highest BCUT2D eigenvalue weighted by molar-refractivity contribution is 7.94. The average Bonchev–Trinajstić information content (AvgIpc) is 2.53. The van der Waals surface area contributed by atoms with Crippen molar-refractivity contribution >= 4 is 31.4 Å². The number of hydrogen-bond donors (Lipinski definition) is 2. The lowest BCUT2D eigenvalue weighted by molar-refractivity contribution is 0.582. The molecule has 2 aromatic rings. The molecule has 0 aliphatic rings. The maximum atomic E-state index is 12.2. The van der Waals surface area contributed by atoms with Gasteiger partial charge in [0.2, 0.25) is 20.0 Å². The number of hydrogen-bond acceptors (Lipinski definition) is 4. The molecule has 1 atom stereocenters. The van der Waals surface area contributed by atoms with Gasteiger partial charge in [-0.1, -0.05) is 36.4 Å². The monoisotopic (exact) mass is 368 g/mol. The van der Waals surface area contributed by atoms with Gasteiger partial charge in [0.15, 0.2) is 0 Å². The highest BCUT2D eigenvalue weighted by atomic mass is 32.2. The Morgan fingerprint density at radius 3 is 1.75 bits per heavy atom. The predicted octanol–water partition coefficient (Wildman–Crippen LogP) is 2.65. The second-order valence-electron chi connectivity index (χ2n) is 5.40. The van der Waals surface area contributed by atoms with Crippen molar-refractivity contribution in [1.29, 1.82) is 0 Å². The van der Waals surface area contributed by atoms with Crippen molar-refractivity contribution in [2.45, 2.75) is 18.6 Å². The first-order valence-corrected chi connectivity index (χ1v) is 10.6. The summed E-state index contributed by atoms with van der Waals surface area (Å²) in [5.74, 6) is -0.279. The third kappa shape index (κ3) is 5.54. The van der Waals surface area contributed by atoms with Gasteiger partial charge in [-0.05, 0) is 37.6 Å². The summed E-state index contributed by atoms with van der Waals surface area (Å²) in [4.78, 5) is 0. The topological polar surface area (TPSA) is 92.3 Å². The molecule has 0 aliphatic carbocycles. The van der Waals surface area contributed by atoms with Gasteiger partial charge in [-0.25, -0.2) is 16.8 Å². The second kappa shape index (κ2) is 7.67. The Kier molecular flexibility index (Phi) is 5.84. The van der Waals surface area contributed by atoms with Gasteiger partial charge in [0.1, 0.15) is 0 Å². The highest BCUT2D eigenvalue weighted by Gasteiger charge is 2.23. The van der Waals surface area contributed by atoms with Crippen LogP contribution in [0, 0.1) is 0 Å². The molecule has 1 unspecified atom stereocenters. The van der Waals surface area contributed by atoms with E-state index in [1.165, 1.54) is 6.92 Å². The molecule has 2 aromatic carbocycles. The minimum atomic E-state index is -3.65. The van der Waals surface area contributed by atoms with Crippen molar-refractivity contribution in [3.63, 3.8) is 0 Å². The molecule has 8 heteroatoms. The van der Waals surface area contributed by atoms with Crippen LogP contribution in [0.1, 0.15) is 13.3 Å². The van der Waals surface area contributed by atoms with Gasteiger partial charge < -0.3 is 0 Å². The Hall–Kier alpha value is -2.06. The quantitative estimate of drug-likeness (QED) is 0.749. The van der Waals surface area contributed by atoms with Crippen LogP contribution in [-0.4, -0.2) is 27.8 Å². The van der Waals surface area contributed by atoms with Crippen LogP contribution >= 0.6 is 0 Å². The molecule has 0 radical (unpaired) electrons. The lowest BCUT2D eigenvalue weighted by atomic mass is 10.3. The summed E-state index contributed by atoms with van der Waals surface area (Å²) in [6.07, 6.45) is -0.00959. The van der Waals surface area contributed by atoms with E-state index in [1.807, 2.05) is 0 Å². The fourth-order valence-electron chi connectivity index (χ4n) is 1.98. The van der Waals surface area contributed by atoms with E-state index in [9.17, 15) is 16.8 Å². The van der Waals surface area contributed by atoms with E-state index in [4.69, 9.17) is 0 Å². The van der Waals surface area contributed by atoms with E-state index in [0.29, 0.717) is 11.4 Å². The van der Waals surface area contributed by atoms with E-state index in [-0.39, 0.29) is 12.2 Å². The predicted molar refractivity (Wildman–Crippen MR) is 96.9 cm³/mol. The van der Waals surface area contributed by atoms with Crippen LogP contribution in [0.4, 0.5) is 11.4 Å². The fourth-order valence-corrected chi connectivity index (χ4v) is 4.49. The summed E-state index contributed by atoms with van der Waals surface area (Å²) < 4.78 is 53.5. The number of nitrogens with one attached hydrogen (secondary N) is 2. The Labute approximate surface area is 143 Å². The first kappa shape index (κ1) is 18.3. The zero-order valence-electron chi connectivity index (χ0n) is 13.2. The Morgan fingerprint density at radius 1 is 0.792 bits per heavy atom. The van der Waals surface area contributed by atoms with Gasteiger partial charge in [0.05, 0.1) is 11.0 Å². The molecular weight excluding hydrogens is 348 g/mol. The maximum absolute atomic E-state index is 12.2. The lowest BCUT2D eigenvalue weighted by Crippen LogP contribution is -2.28. The number of para-hydroxylation sites is 2. The van der Waals surface area contributed by atoms with E-state index in [1.54, 1.807) is 60.7 Å².